The van der Waals surface area contributed by atoms with Crippen LogP contribution in [0.15, 0.2) is 170 Å². The first kappa shape index (κ1) is 26.7. The molecule has 0 spiro atoms. The highest BCUT2D eigenvalue weighted by molar-refractivity contribution is 6.19. The number of anilines is 3. The Morgan fingerprint density at radius 1 is 0.417 bits per heavy atom. The quantitative estimate of drug-likeness (QED) is 0.199. The number of para-hydroxylation sites is 4. The van der Waals surface area contributed by atoms with Crippen molar-refractivity contribution < 1.29 is 0 Å². The third-order valence-corrected chi connectivity index (χ3v) is 9.54. The van der Waals surface area contributed by atoms with E-state index >= 15 is 0 Å². The van der Waals surface area contributed by atoms with Gasteiger partial charge in [-0.15, -0.1) is 0 Å². The monoisotopic (exact) mass is 612 g/mol. The fourth-order valence-corrected chi connectivity index (χ4v) is 7.50. The Hall–Kier alpha value is -6.52. The molecule has 48 heavy (non-hydrogen) atoms. The summed E-state index contributed by atoms with van der Waals surface area (Å²) < 4.78 is 2.29. The molecule has 3 heterocycles. The molecular formula is C44H28N4. The van der Waals surface area contributed by atoms with Gasteiger partial charge in [0.1, 0.15) is 0 Å². The maximum Gasteiger partial charge on any atom is 0.235 e. The van der Waals surface area contributed by atoms with Gasteiger partial charge in [0.25, 0.3) is 0 Å². The second-order valence-electron chi connectivity index (χ2n) is 12.2. The van der Waals surface area contributed by atoms with Crippen molar-refractivity contribution in [3.8, 4) is 39.5 Å². The third-order valence-electron chi connectivity index (χ3n) is 9.54. The van der Waals surface area contributed by atoms with Gasteiger partial charge < -0.3 is 4.90 Å². The Morgan fingerprint density at radius 2 is 1.06 bits per heavy atom. The van der Waals surface area contributed by atoms with Crippen molar-refractivity contribution >= 4 is 49.8 Å². The lowest BCUT2D eigenvalue weighted by Crippen LogP contribution is -2.11. The zero-order valence-corrected chi connectivity index (χ0v) is 26.0. The van der Waals surface area contributed by atoms with Gasteiger partial charge in [-0.1, -0.05) is 133 Å². The Morgan fingerprint density at radius 3 is 1.90 bits per heavy atom. The van der Waals surface area contributed by atoms with Crippen molar-refractivity contribution in [1.82, 2.24) is 14.5 Å². The maximum atomic E-state index is 5.40. The molecule has 0 N–H and O–H groups in total. The molecule has 1 aliphatic rings. The number of benzene rings is 7. The minimum Gasteiger partial charge on any atom is -0.309 e. The molecule has 224 valence electrons. The molecule has 10 rings (SSSR count). The molecule has 0 saturated heterocycles. The molecule has 7 aromatic carbocycles. The van der Waals surface area contributed by atoms with Gasteiger partial charge in [0, 0.05) is 38.5 Å². The second kappa shape index (κ2) is 10.5. The largest absolute Gasteiger partial charge is 0.309 e. The first-order chi connectivity index (χ1) is 23.8. The Kier molecular flexibility index (Phi) is 5.84. The van der Waals surface area contributed by atoms with E-state index in [1.165, 1.54) is 22.1 Å². The van der Waals surface area contributed by atoms with Gasteiger partial charge in [-0.2, -0.15) is 0 Å². The molecule has 0 saturated carbocycles. The first-order valence-corrected chi connectivity index (χ1v) is 16.3. The molecule has 0 radical (unpaired) electrons. The predicted molar refractivity (Wildman–Crippen MR) is 198 cm³/mol. The Bertz CT molecular complexity index is 2670. The van der Waals surface area contributed by atoms with Crippen LogP contribution in [0.4, 0.5) is 17.1 Å². The van der Waals surface area contributed by atoms with Crippen LogP contribution in [0, 0.1) is 0 Å². The van der Waals surface area contributed by atoms with E-state index < -0.39 is 0 Å². The summed E-state index contributed by atoms with van der Waals surface area (Å²) in [5, 5.41) is 3.36. The van der Waals surface area contributed by atoms with Crippen molar-refractivity contribution in [3.63, 3.8) is 0 Å². The predicted octanol–water partition coefficient (Wildman–Crippen LogP) is 11.5. The van der Waals surface area contributed by atoms with E-state index in [2.05, 4.69) is 173 Å². The average molecular weight is 613 g/mol. The number of rotatable bonds is 3. The summed E-state index contributed by atoms with van der Waals surface area (Å²) in [5.41, 5.74) is 13.1. The number of nitrogens with zero attached hydrogens (tertiary/aromatic N) is 4. The van der Waals surface area contributed by atoms with Gasteiger partial charge in [0.2, 0.25) is 5.95 Å². The van der Waals surface area contributed by atoms with Crippen LogP contribution in [0.25, 0.3) is 72.2 Å². The van der Waals surface area contributed by atoms with Crippen LogP contribution < -0.4 is 4.90 Å². The van der Waals surface area contributed by atoms with E-state index in [1.807, 2.05) is 6.07 Å². The topological polar surface area (TPSA) is 34.0 Å². The van der Waals surface area contributed by atoms with Crippen LogP contribution >= 0.6 is 0 Å². The smallest absolute Gasteiger partial charge is 0.235 e. The van der Waals surface area contributed by atoms with E-state index in [-0.39, 0.29) is 0 Å². The van der Waals surface area contributed by atoms with Crippen LogP contribution in [0.3, 0.4) is 0 Å². The Balaban J connectivity index is 1.40. The molecule has 0 unspecified atom stereocenters. The van der Waals surface area contributed by atoms with Gasteiger partial charge in [0.15, 0.2) is 0 Å². The number of hydrogen-bond acceptors (Lipinski definition) is 3. The third kappa shape index (κ3) is 3.90. The summed E-state index contributed by atoms with van der Waals surface area (Å²) >= 11 is 0. The highest BCUT2D eigenvalue weighted by atomic mass is 15.2. The Labute approximate surface area is 277 Å². The van der Waals surface area contributed by atoms with Gasteiger partial charge in [-0.05, 0) is 47.5 Å². The van der Waals surface area contributed by atoms with Crippen molar-refractivity contribution in [2.45, 2.75) is 0 Å². The lowest BCUT2D eigenvalue weighted by molar-refractivity contribution is 1.01. The van der Waals surface area contributed by atoms with E-state index in [4.69, 9.17) is 9.97 Å². The van der Waals surface area contributed by atoms with Crippen molar-refractivity contribution in [1.29, 1.82) is 0 Å². The van der Waals surface area contributed by atoms with Crippen molar-refractivity contribution in [2.24, 2.45) is 0 Å². The van der Waals surface area contributed by atoms with E-state index in [1.54, 1.807) is 0 Å². The number of aromatic nitrogens is 3. The zero-order chi connectivity index (χ0) is 31.6. The highest BCUT2D eigenvalue weighted by Gasteiger charge is 2.30. The van der Waals surface area contributed by atoms with E-state index in [0.29, 0.717) is 5.95 Å². The van der Waals surface area contributed by atoms with Crippen LogP contribution in [-0.2, 0) is 0 Å². The fourth-order valence-electron chi connectivity index (χ4n) is 7.50. The molecule has 0 bridgehead atoms. The fraction of sp³-hybridized carbons (Fsp3) is 0. The maximum absolute atomic E-state index is 5.40. The van der Waals surface area contributed by atoms with Crippen molar-refractivity contribution in [2.75, 3.05) is 4.90 Å². The first-order valence-electron chi connectivity index (χ1n) is 16.3. The lowest BCUT2D eigenvalue weighted by Gasteiger charge is -2.27. The SMILES string of the molecule is c1ccc(-c2nc(-n3c4ccccc4c4ccc5c(c43)-c3ccccc3-c3ccccc3N5c3ccccc3)nc3ccccc23)cc1. The average Bonchev–Trinajstić information content (AvgIpc) is 3.43. The summed E-state index contributed by atoms with van der Waals surface area (Å²) in [4.78, 5) is 13.1. The van der Waals surface area contributed by atoms with E-state index in [0.717, 1.165) is 61.2 Å². The molecule has 4 heteroatoms. The number of fused-ring (bicyclic) bond motifs is 10. The second-order valence-corrected chi connectivity index (χ2v) is 12.2. The molecular weight excluding hydrogens is 585 g/mol. The standard InChI is InChI=1S/C44H28N4/c1-3-15-29(16-4-1)42-36-23-9-12-24-37(36)45-44(46-42)48-39-26-14-11-21-33(39)35-27-28-40-41(43(35)48)34-22-8-7-19-31(34)32-20-10-13-25-38(32)47(40)30-17-5-2-6-18-30/h1-28H. The molecule has 0 amide bonds. The van der Waals surface area contributed by atoms with Gasteiger partial charge in [-0.3, -0.25) is 4.57 Å². The zero-order valence-electron chi connectivity index (χ0n) is 26.0. The molecule has 0 atom stereocenters. The van der Waals surface area contributed by atoms with Crippen LogP contribution in [0.2, 0.25) is 0 Å². The van der Waals surface area contributed by atoms with Gasteiger partial charge in [0.05, 0.1) is 33.6 Å². The van der Waals surface area contributed by atoms with E-state index in [9.17, 15) is 0 Å². The molecule has 0 fully saturated rings. The molecule has 9 aromatic rings. The summed E-state index contributed by atoms with van der Waals surface area (Å²) in [7, 11) is 0. The van der Waals surface area contributed by atoms with Gasteiger partial charge in [-0.25, -0.2) is 9.97 Å². The summed E-state index contributed by atoms with van der Waals surface area (Å²) in [6.07, 6.45) is 0. The summed E-state index contributed by atoms with van der Waals surface area (Å²) in [6.45, 7) is 0. The molecule has 2 aromatic heterocycles. The molecule has 4 nitrogen and oxygen atoms in total. The molecule has 1 aliphatic heterocycles. The van der Waals surface area contributed by atoms with Crippen LogP contribution in [0.5, 0.6) is 0 Å². The van der Waals surface area contributed by atoms with Crippen LogP contribution in [-0.4, -0.2) is 14.5 Å². The number of hydrogen-bond donors (Lipinski definition) is 0. The molecule has 0 aliphatic carbocycles. The van der Waals surface area contributed by atoms with Crippen molar-refractivity contribution in [3.05, 3.63) is 170 Å². The summed E-state index contributed by atoms with van der Waals surface area (Å²) in [5.74, 6) is 0.651. The lowest BCUT2D eigenvalue weighted by atomic mass is 9.93. The van der Waals surface area contributed by atoms with Crippen LogP contribution in [0.1, 0.15) is 0 Å². The summed E-state index contributed by atoms with van der Waals surface area (Å²) in [6, 6.07) is 60.2. The highest BCUT2D eigenvalue weighted by Crippen LogP contribution is 2.53. The normalized spacial score (nSPS) is 12.1. The minimum atomic E-state index is 0.651. The van der Waals surface area contributed by atoms with Gasteiger partial charge >= 0.3 is 0 Å². The minimum absolute atomic E-state index is 0.651.